The maximum Gasteiger partial charge on any atom is 0.166 e. The minimum atomic E-state index is 0.150. The van der Waals surface area contributed by atoms with Crippen LogP contribution >= 0.6 is 15.9 Å². The van der Waals surface area contributed by atoms with Crippen LogP contribution in [-0.4, -0.2) is 27.5 Å². The second kappa shape index (κ2) is 6.35. The average Bonchev–Trinajstić information content (AvgIpc) is 2.94. The van der Waals surface area contributed by atoms with Crippen LogP contribution in [0.3, 0.4) is 0 Å². The molecule has 0 fully saturated rings. The van der Waals surface area contributed by atoms with Gasteiger partial charge in [0.2, 0.25) is 0 Å². The molecule has 1 atom stereocenters. The van der Waals surface area contributed by atoms with Gasteiger partial charge in [-0.15, -0.1) is 0 Å². The second-order valence-electron chi connectivity index (χ2n) is 6.55. The first-order valence-corrected chi connectivity index (χ1v) is 9.05. The summed E-state index contributed by atoms with van der Waals surface area (Å²) in [5.74, 6) is 0.467. The number of ether oxygens (including phenoxy) is 1. The minimum absolute atomic E-state index is 0.150. The predicted octanol–water partition coefficient (Wildman–Crippen LogP) is 4.07. The van der Waals surface area contributed by atoms with E-state index < -0.39 is 0 Å². The molecule has 0 spiro atoms. The minimum Gasteiger partial charge on any atom is -0.378 e. The highest BCUT2D eigenvalue weighted by Gasteiger charge is 2.27. The van der Waals surface area contributed by atoms with Crippen LogP contribution in [0.4, 0.5) is 0 Å². The Morgan fingerprint density at radius 3 is 2.76 bits per heavy atom. The molecule has 0 saturated carbocycles. The SMILES string of the molecule is COCc1nn2c3c(cnc2c1-c1ccc(Br)cc1)C(=O)C[C@@H](C)C3. The molecule has 128 valence electrons. The summed E-state index contributed by atoms with van der Waals surface area (Å²) in [6.07, 6.45) is 3.11. The zero-order valence-electron chi connectivity index (χ0n) is 14.1. The molecule has 0 unspecified atom stereocenters. The van der Waals surface area contributed by atoms with Crippen molar-refractivity contribution in [3.63, 3.8) is 0 Å². The maximum atomic E-state index is 12.4. The molecule has 0 aliphatic heterocycles. The molecule has 0 bridgehead atoms. The number of carbonyl (C=O) groups is 1. The highest BCUT2D eigenvalue weighted by molar-refractivity contribution is 9.10. The number of ketones is 1. The van der Waals surface area contributed by atoms with Crippen molar-refractivity contribution in [3.8, 4) is 11.1 Å². The number of hydrogen-bond acceptors (Lipinski definition) is 4. The van der Waals surface area contributed by atoms with Gasteiger partial charge >= 0.3 is 0 Å². The lowest BCUT2D eigenvalue weighted by Crippen LogP contribution is -2.21. The van der Waals surface area contributed by atoms with Gasteiger partial charge in [0.1, 0.15) is 0 Å². The monoisotopic (exact) mass is 399 g/mol. The van der Waals surface area contributed by atoms with Crippen molar-refractivity contribution in [1.29, 1.82) is 0 Å². The van der Waals surface area contributed by atoms with Gasteiger partial charge in [-0.1, -0.05) is 35.0 Å². The quantitative estimate of drug-likeness (QED) is 0.665. The van der Waals surface area contributed by atoms with Gasteiger partial charge in [-0.2, -0.15) is 5.10 Å². The largest absolute Gasteiger partial charge is 0.378 e. The van der Waals surface area contributed by atoms with Crippen molar-refractivity contribution >= 4 is 27.4 Å². The molecule has 1 aliphatic rings. The summed E-state index contributed by atoms with van der Waals surface area (Å²) < 4.78 is 8.21. The number of methoxy groups -OCH3 is 1. The van der Waals surface area contributed by atoms with E-state index >= 15 is 0 Å². The lowest BCUT2D eigenvalue weighted by molar-refractivity contribution is 0.0951. The smallest absolute Gasteiger partial charge is 0.166 e. The molecular formula is C19H18BrN3O2. The van der Waals surface area contributed by atoms with E-state index in [1.54, 1.807) is 13.3 Å². The first-order valence-electron chi connectivity index (χ1n) is 8.26. The zero-order chi connectivity index (χ0) is 17.6. The lowest BCUT2D eigenvalue weighted by Gasteiger charge is -2.20. The predicted molar refractivity (Wildman–Crippen MR) is 98.7 cm³/mol. The molecular weight excluding hydrogens is 382 g/mol. The van der Waals surface area contributed by atoms with Gasteiger partial charge < -0.3 is 4.74 Å². The number of aromatic nitrogens is 3. The van der Waals surface area contributed by atoms with Gasteiger partial charge in [-0.05, 0) is 30.0 Å². The Morgan fingerprint density at radius 2 is 2.04 bits per heavy atom. The molecule has 1 aromatic carbocycles. The number of carbonyl (C=O) groups excluding carboxylic acids is 1. The molecule has 0 radical (unpaired) electrons. The first kappa shape index (κ1) is 16.4. The van der Waals surface area contributed by atoms with E-state index in [4.69, 9.17) is 9.84 Å². The Labute approximate surface area is 154 Å². The van der Waals surface area contributed by atoms with E-state index in [2.05, 4.69) is 27.8 Å². The number of fused-ring (bicyclic) bond motifs is 3. The Kier molecular flexibility index (Phi) is 4.17. The third kappa shape index (κ3) is 2.79. The number of halogens is 1. The molecule has 0 saturated heterocycles. The Balaban J connectivity index is 1.99. The second-order valence-corrected chi connectivity index (χ2v) is 7.47. The topological polar surface area (TPSA) is 56.5 Å². The summed E-state index contributed by atoms with van der Waals surface area (Å²) in [6, 6.07) is 8.07. The van der Waals surface area contributed by atoms with Crippen LogP contribution < -0.4 is 0 Å². The fourth-order valence-electron chi connectivity index (χ4n) is 3.48. The lowest BCUT2D eigenvalue weighted by atomic mass is 9.88. The normalized spacial score (nSPS) is 17.1. The molecule has 1 aliphatic carbocycles. The van der Waals surface area contributed by atoms with Crippen molar-refractivity contribution in [3.05, 3.63) is 51.9 Å². The Morgan fingerprint density at radius 1 is 1.28 bits per heavy atom. The number of nitrogens with zero attached hydrogens (tertiary/aromatic N) is 3. The van der Waals surface area contributed by atoms with E-state index in [0.29, 0.717) is 24.5 Å². The van der Waals surface area contributed by atoms with Crippen LogP contribution in [0.25, 0.3) is 16.8 Å². The van der Waals surface area contributed by atoms with Crippen molar-refractivity contribution in [2.75, 3.05) is 7.11 Å². The van der Waals surface area contributed by atoms with Gasteiger partial charge in [0.15, 0.2) is 11.4 Å². The number of benzene rings is 1. The van der Waals surface area contributed by atoms with E-state index in [1.807, 2.05) is 28.8 Å². The van der Waals surface area contributed by atoms with Crippen LogP contribution in [0.5, 0.6) is 0 Å². The summed E-state index contributed by atoms with van der Waals surface area (Å²) in [5, 5.41) is 4.75. The van der Waals surface area contributed by atoms with Crippen LogP contribution in [0.15, 0.2) is 34.9 Å². The van der Waals surface area contributed by atoms with E-state index in [9.17, 15) is 4.79 Å². The van der Waals surface area contributed by atoms with Gasteiger partial charge in [-0.3, -0.25) is 4.79 Å². The van der Waals surface area contributed by atoms with E-state index in [-0.39, 0.29) is 5.78 Å². The highest BCUT2D eigenvalue weighted by atomic mass is 79.9. The molecule has 0 N–H and O–H groups in total. The van der Waals surface area contributed by atoms with Crippen molar-refractivity contribution < 1.29 is 9.53 Å². The van der Waals surface area contributed by atoms with Gasteiger partial charge in [-0.25, -0.2) is 9.50 Å². The Bertz CT molecular complexity index is 963. The summed E-state index contributed by atoms with van der Waals surface area (Å²) >= 11 is 3.47. The maximum absolute atomic E-state index is 12.4. The number of hydrogen-bond donors (Lipinski definition) is 0. The highest BCUT2D eigenvalue weighted by Crippen LogP contribution is 2.32. The molecule has 2 heterocycles. The molecule has 0 amide bonds. The zero-order valence-corrected chi connectivity index (χ0v) is 15.7. The fourth-order valence-corrected chi connectivity index (χ4v) is 3.75. The van der Waals surface area contributed by atoms with Crippen LogP contribution in [-0.2, 0) is 17.8 Å². The van der Waals surface area contributed by atoms with Gasteiger partial charge in [0.05, 0.1) is 29.1 Å². The molecule has 6 heteroatoms. The van der Waals surface area contributed by atoms with Crippen LogP contribution in [0.1, 0.15) is 35.1 Å². The van der Waals surface area contributed by atoms with Crippen LogP contribution in [0, 0.1) is 5.92 Å². The van der Waals surface area contributed by atoms with Crippen LogP contribution in [0.2, 0.25) is 0 Å². The van der Waals surface area contributed by atoms with Gasteiger partial charge in [0, 0.05) is 24.2 Å². The van der Waals surface area contributed by atoms with E-state index in [1.165, 1.54) is 0 Å². The molecule has 4 rings (SSSR count). The Hall–Kier alpha value is -2.05. The molecule has 2 aromatic heterocycles. The number of Topliss-reactive ketones (excluding diaryl/α,β-unsaturated/α-hetero) is 1. The van der Waals surface area contributed by atoms with Crippen molar-refractivity contribution in [2.24, 2.45) is 5.92 Å². The van der Waals surface area contributed by atoms with Gasteiger partial charge in [0.25, 0.3) is 0 Å². The van der Waals surface area contributed by atoms with Crippen molar-refractivity contribution in [1.82, 2.24) is 14.6 Å². The molecule has 5 nitrogen and oxygen atoms in total. The third-order valence-electron chi connectivity index (χ3n) is 4.61. The van der Waals surface area contributed by atoms with E-state index in [0.717, 1.165) is 39.1 Å². The average molecular weight is 400 g/mol. The standard InChI is InChI=1S/C19H18BrN3O2/c1-11-7-16-14(17(24)8-11)9-21-19-18(12-3-5-13(20)6-4-12)15(10-25-2)22-23(16)19/h3-6,9,11H,7-8,10H2,1-2H3/t11-/m0/s1. The number of rotatable bonds is 3. The third-order valence-corrected chi connectivity index (χ3v) is 5.13. The van der Waals surface area contributed by atoms with Crippen molar-refractivity contribution in [2.45, 2.75) is 26.4 Å². The first-order chi connectivity index (χ1) is 12.1. The fraction of sp³-hybridized carbons (Fsp3) is 0.316. The molecule has 3 aromatic rings. The molecule has 25 heavy (non-hydrogen) atoms. The summed E-state index contributed by atoms with van der Waals surface area (Å²) in [6.45, 7) is 2.50. The summed E-state index contributed by atoms with van der Waals surface area (Å²) in [7, 11) is 1.66. The summed E-state index contributed by atoms with van der Waals surface area (Å²) in [5.41, 5.74) is 5.25. The summed E-state index contributed by atoms with van der Waals surface area (Å²) in [4.78, 5) is 16.9.